The second-order valence-electron chi connectivity index (χ2n) is 6.81. The monoisotopic (exact) mass is 434 g/mol. The first-order chi connectivity index (χ1) is 13.8. The maximum absolute atomic E-state index is 12.8. The molecule has 0 radical (unpaired) electrons. The number of nitrogens with one attached hydrogen (secondary N) is 1. The van der Waals surface area contributed by atoms with Crippen molar-refractivity contribution in [2.24, 2.45) is 5.10 Å². The van der Waals surface area contributed by atoms with Crippen LogP contribution < -0.4 is 5.43 Å². The van der Waals surface area contributed by atoms with Crippen LogP contribution in [0.1, 0.15) is 22.8 Å². The molecule has 1 amide bonds. The fourth-order valence-electron chi connectivity index (χ4n) is 2.91. The molecule has 7 nitrogen and oxygen atoms in total. The van der Waals surface area contributed by atoms with Gasteiger partial charge >= 0.3 is 0 Å². The quantitative estimate of drug-likeness (QED) is 0.428. The summed E-state index contributed by atoms with van der Waals surface area (Å²) in [5, 5.41) is 14.4. The first-order valence-electron chi connectivity index (χ1n) is 9.14. The second-order valence-corrected chi connectivity index (χ2v) is 8.73. The lowest BCUT2D eigenvalue weighted by Gasteiger charge is -2.31. The standard InChI is InChI=1S/C20H23ClN4O3S/c1-14(18-13-16(21)6-7-19(18)26)22-23-20(27)15-4-3-5-17(12-15)29(28)25-10-8-24(2)9-11-25/h3-7,12-13,26H,8-11H2,1-2H3,(H,23,27)/b22-14+. The van der Waals surface area contributed by atoms with Gasteiger partial charge in [0, 0.05) is 35.3 Å². The number of phenols is 1. The van der Waals surface area contributed by atoms with Gasteiger partial charge in [0.15, 0.2) is 4.90 Å². The van der Waals surface area contributed by atoms with E-state index in [1.165, 1.54) is 6.07 Å². The van der Waals surface area contributed by atoms with Crippen molar-refractivity contribution in [3.63, 3.8) is 0 Å². The minimum Gasteiger partial charge on any atom is -0.593 e. The summed E-state index contributed by atoms with van der Waals surface area (Å²) >= 11 is 4.63. The number of halogens is 1. The number of amides is 1. The molecule has 2 aromatic rings. The normalized spacial score (nSPS) is 17.2. The van der Waals surface area contributed by atoms with Crippen LogP contribution in [0, 0.1) is 0 Å². The van der Waals surface area contributed by atoms with Gasteiger partial charge in [0.1, 0.15) is 5.75 Å². The molecule has 1 unspecified atom stereocenters. The Morgan fingerprint density at radius 1 is 1.21 bits per heavy atom. The smallest absolute Gasteiger partial charge is 0.271 e. The summed E-state index contributed by atoms with van der Waals surface area (Å²) in [6, 6.07) is 11.3. The molecule has 154 valence electrons. The third-order valence-corrected chi connectivity index (χ3v) is 6.39. The molecule has 0 bridgehead atoms. The van der Waals surface area contributed by atoms with E-state index in [4.69, 9.17) is 11.6 Å². The number of rotatable bonds is 5. The Balaban J connectivity index is 1.70. The molecular formula is C20H23ClN4O3S. The molecule has 1 aliphatic rings. The number of likely N-dealkylation sites (N-methyl/N-ethyl adjacent to an activating group) is 1. The summed E-state index contributed by atoms with van der Waals surface area (Å²) in [6.45, 7) is 4.80. The summed E-state index contributed by atoms with van der Waals surface area (Å²) in [5.41, 5.74) is 3.67. The molecule has 1 saturated heterocycles. The lowest BCUT2D eigenvalue weighted by Crippen LogP contribution is -2.47. The maximum Gasteiger partial charge on any atom is 0.271 e. The highest BCUT2D eigenvalue weighted by Gasteiger charge is 2.26. The van der Waals surface area contributed by atoms with Crippen molar-refractivity contribution >= 4 is 34.6 Å². The van der Waals surface area contributed by atoms with Crippen LogP contribution in [0.4, 0.5) is 0 Å². The Labute approximate surface area is 178 Å². The van der Waals surface area contributed by atoms with E-state index in [2.05, 4.69) is 15.4 Å². The molecule has 29 heavy (non-hydrogen) atoms. The summed E-state index contributed by atoms with van der Waals surface area (Å²) < 4.78 is 14.7. The van der Waals surface area contributed by atoms with Crippen molar-refractivity contribution in [2.75, 3.05) is 33.2 Å². The maximum atomic E-state index is 12.8. The lowest BCUT2D eigenvalue weighted by molar-refractivity contribution is 0.0954. The fourth-order valence-corrected chi connectivity index (χ4v) is 4.29. The first-order valence-corrected chi connectivity index (χ1v) is 10.6. The predicted octanol–water partition coefficient (Wildman–Crippen LogP) is 2.47. The van der Waals surface area contributed by atoms with Gasteiger partial charge in [-0.15, -0.1) is 4.31 Å². The Morgan fingerprint density at radius 2 is 1.93 bits per heavy atom. The van der Waals surface area contributed by atoms with E-state index in [1.54, 1.807) is 43.3 Å². The van der Waals surface area contributed by atoms with E-state index in [9.17, 15) is 14.5 Å². The number of phenolic OH excluding ortho intramolecular Hbond substituents is 1. The van der Waals surface area contributed by atoms with Gasteiger partial charge in [-0.1, -0.05) is 17.7 Å². The van der Waals surface area contributed by atoms with Gasteiger partial charge in [0.2, 0.25) is 0 Å². The molecule has 0 aromatic heterocycles. The summed E-state index contributed by atoms with van der Waals surface area (Å²) in [7, 11) is 2.04. The van der Waals surface area contributed by atoms with E-state index in [-0.39, 0.29) is 5.75 Å². The van der Waals surface area contributed by atoms with Crippen molar-refractivity contribution < 1.29 is 14.5 Å². The predicted molar refractivity (Wildman–Crippen MR) is 115 cm³/mol. The van der Waals surface area contributed by atoms with Gasteiger partial charge in [-0.05, 0) is 44.3 Å². The molecule has 0 aliphatic carbocycles. The number of benzene rings is 2. The van der Waals surface area contributed by atoms with Gasteiger partial charge in [0.25, 0.3) is 5.91 Å². The van der Waals surface area contributed by atoms with Crippen LogP contribution in [0.2, 0.25) is 5.02 Å². The molecule has 1 aliphatic heterocycles. The van der Waals surface area contributed by atoms with Crippen LogP contribution in [0.5, 0.6) is 5.75 Å². The molecule has 0 spiro atoms. The van der Waals surface area contributed by atoms with Crippen molar-refractivity contribution in [3.8, 4) is 5.75 Å². The highest BCUT2D eigenvalue weighted by molar-refractivity contribution is 7.89. The number of hydrazone groups is 1. The van der Waals surface area contributed by atoms with E-state index in [0.29, 0.717) is 39.8 Å². The summed E-state index contributed by atoms with van der Waals surface area (Å²) in [5.74, 6) is -0.405. The average molecular weight is 435 g/mol. The van der Waals surface area contributed by atoms with E-state index in [0.717, 1.165) is 13.1 Å². The number of piperazine rings is 1. The minimum atomic E-state index is -1.32. The minimum absolute atomic E-state index is 0.0227. The van der Waals surface area contributed by atoms with Crippen molar-refractivity contribution in [1.82, 2.24) is 14.6 Å². The van der Waals surface area contributed by atoms with Crippen LogP contribution in [0.25, 0.3) is 0 Å². The van der Waals surface area contributed by atoms with Crippen molar-refractivity contribution in [1.29, 1.82) is 0 Å². The third kappa shape index (κ3) is 5.49. The van der Waals surface area contributed by atoms with Gasteiger partial charge in [-0.3, -0.25) is 4.79 Å². The summed E-state index contributed by atoms with van der Waals surface area (Å²) in [6.07, 6.45) is 0. The van der Waals surface area contributed by atoms with E-state index in [1.807, 2.05) is 11.4 Å². The van der Waals surface area contributed by atoms with Gasteiger partial charge < -0.3 is 14.6 Å². The number of carbonyl (C=O) groups excluding carboxylic acids is 1. The average Bonchev–Trinajstić information content (AvgIpc) is 2.73. The number of nitrogens with zero attached hydrogens (tertiary/aromatic N) is 3. The van der Waals surface area contributed by atoms with Crippen molar-refractivity contribution in [3.05, 3.63) is 58.6 Å². The second kappa shape index (κ2) is 9.60. The zero-order valence-electron chi connectivity index (χ0n) is 16.3. The van der Waals surface area contributed by atoms with E-state index < -0.39 is 17.3 Å². The fraction of sp³-hybridized carbons (Fsp3) is 0.300. The molecule has 3 rings (SSSR count). The number of hydrogen-bond donors (Lipinski definition) is 2. The molecule has 0 saturated carbocycles. The molecule has 2 aromatic carbocycles. The van der Waals surface area contributed by atoms with Crippen LogP contribution in [0.15, 0.2) is 52.5 Å². The molecule has 1 fully saturated rings. The number of aromatic hydroxyl groups is 1. The van der Waals surface area contributed by atoms with Crippen molar-refractivity contribution in [2.45, 2.75) is 11.8 Å². The topological polar surface area (TPSA) is 91.2 Å². The van der Waals surface area contributed by atoms with Gasteiger partial charge in [-0.25, -0.2) is 5.43 Å². The van der Waals surface area contributed by atoms with E-state index >= 15 is 0 Å². The first kappa shape index (κ1) is 21.6. The molecule has 1 atom stereocenters. The van der Waals surface area contributed by atoms with Gasteiger partial charge in [0.05, 0.1) is 30.2 Å². The van der Waals surface area contributed by atoms with Crippen LogP contribution in [-0.2, 0) is 11.4 Å². The van der Waals surface area contributed by atoms with Crippen LogP contribution in [-0.4, -0.2) is 63.7 Å². The van der Waals surface area contributed by atoms with Crippen LogP contribution in [0.3, 0.4) is 0 Å². The Kier molecular flexibility index (Phi) is 7.15. The van der Waals surface area contributed by atoms with Crippen LogP contribution >= 0.6 is 11.6 Å². The third-order valence-electron chi connectivity index (χ3n) is 4.67. The zero-order chi connectivity index (χ0) is 21.0. The number of carbonyl (C=O) groups is 1. The highest BCUT2D eigenvalue weighted by atomic mass is 35.5. The molecule has 2 N–H and O–H groups in total. The SMILES string of the molecule is C/C(=N\NC(=O)c1cccc([S+]([O-])N2CCN(C)CC2)c1)c1cc(Cl)ccc1O. The largest absolute Gasteiger partial charge is 0.593 e. The molecule has 9 heteroatoms. The number of hydrogen-bond acceptors (Lipinski definition) is 6. The highest BCUT2D eigenvalue weighted by Crippen LogP contribution is 2.22. The molecule has 1 heterocycles. The molecular weight excluding hydrogens is 412 g/mol. The Hall–Kier alpha value is -2.10. The van der Waals surface area contributed by atoms with Gasteiger partial charge in [-0.2, -0.15) is 5.10 Å². The zero-order valence-corrected chi connectivity index (χ0v) is 17.8. The Morgan fingerprint density at radius 3 is 2.66 bits per heavy atom. The summed E-state index contributed by atoms with van der Waals surface area (Å²) in [4.78, 5) is 15.3. The lowest BCUT2D eigenvalue weighted by atomic mass is 10.1. The Bertz CT molecular complexity index is 916.